The van der Waals surface area contributed by atoms with Crippen LogP contribution in [0.3, 0.4) is 0 Å². The fraction of sp³-hybridized carbons (Fsp3) is 0.909. The van der Waals surface area contributed by atoms with Crippen molar-refractivity contribution >= 4 is 5.91 Å². The lowest BCUT2D eigenvalue weighted by Gasteiger charge is -2.33. The minimum atomic E-state index is -0.231. The summed E-state index contributed by atoms with van der Waals surface area (Å²) in [4.78, 5) is 15.4. The molecule has 1 heterocycles. The van der Waals surface area contributed by atoms with Crippen molar-refractivity contribution < 1.29 is 4.79 Å². The van der Waals surface area contributed by atoms with Crippen molar-refractivity contribution in [3.05, 3.63) is 0 Å². The Balaban J connectivity index is 2.32. The van der Waals surface area contributed by atoms with Gasteiger partial charge in [0.1, 0.15) is 0 Å². The molecule has 1 unspecified atom stereocenters. The van der Waals surface area contributed by atoms with Crippen molar-refractivity contribution in [1.29, 1.82) is 0 Å². The van der Waals surface area contributed by atoms with Gasteiger partial charge in [0, 0.05) is 6.54 Å². The first-order valence-electron chi connectivity index (χ1n) is 5.68. The van der Waals surface area contributed by atoms with Crippen molar-refractivity contribution in [3.8, 4) is 0 Å². The summed E-state index contributed by atoms with van der Waals surface area (Å²) in [6.45, 7) is 5.20. The van der Waals surface area contributed by atoms with Crippen LogP contribution in [0.2, 0.25) is 0 Å². The Morgan fingerprint density at radius 2 is 2.07 bits per heavy atom. The zero-order chi connectivity index (χ0) is 11.4. The van der Waals surface area contributed by atoms with E-state index in [1.165, 1.54) is 25.9 Å². The zero-order valence-electron chi connectivity index (χ0n) is 10.1. The molecule has 0 spiro atoms. The molecule has 0 aliphatic carbocycles. The average Bonchev–Trinajstić information content (AvgIpc) is 2.20. The molecule has 2 N–H and O–H groups in total. The lowest BCUT2D eigenvalue weighted by atomic mass is 9.96. The van der Waals surface area contributed by atoms with Gasteiger partial charge in [0.15, 0.2) is 0 Å². The van der Waals surface area contributed by atoms with Crippen molar-refractivity contribution in [3.63, 3.8) is 0 Å². The zero-order valence-corrected chi connectivity index (χ0v) is 10.1. The molecule has 88 valence electrons. The Bertz CT molecular complexity index is 212. The summed E-state index contributed by atoms with van der Waals surface area (Å²) in [7, 11) is 4.14. The number of hydrogen-bond acceptors (Lipinski definition) is 3. The predicted octanol–water partition coefficient (Wildman–Crippen LogP) is 0.134. The third kappa shape index (κ3) is 3.80. The quantitative estimate of drug-likeness (QED) is 0.722. The van der Waals surface area contributed by atoms with Gasteiger partial charge in [-0.25, -0.2) is 0 Å². The molecule has 0 aromatic heterocycles. The number of primary amides is 1. The molecule has 0 saturated carbocycles. The molecule has 0 radical (unpaired) electrons. The van der Waals surface area contributed by atoms with Gasteiger partial charge < -0.3 is 10.6 Å². The molecule has 0 aromatic carbocycles. The van der Waals surface area contributed by atoms with E-state index in [1.54, 1.807) is 0 Å². The second-order valence-corrected chi connectivity index (χ2v) is 4.76. The molecule has 1 amide bonds. The number of piperidine rings is 1. The maximum Gasteiger partial charge on any atom is 0.234 e. The largest absolute Gasteiger partial charge is 0.368 e. The molecular weight excluding hydrogens is 190 g/mol. The molecule has 1 aliphatic heterocycles. The van der Waals surface area contributed by atoms with Gasteiger partial charge in [0.05, 0.1) is 6.04 Å². The highest BCUT2D eigenvalue weighted by Gasteiger charge is 2.21. The summed E-state index contributed by atoms with van der Waals surface area (Å²) in [5.41, 5.74) is 5.28. The van der Waals surface area contributed by atoms with E-state index < -0.39 is 0 Å². The Kier molecular flexibility index (Phi) is 4.54. The van der Waals surface area contributed by atoms with Crippen LogP contribution < -0.4 is 5.73 Å². The van der Waals surface area contributed by atoms with Gasteiger partial charge >= 0.3 is 0 Å². The topological polar surface area (TPSA) is 49.6 Å². The molecule has 0 bridgehead atoms. The molecule has 1 saturated heterocycles. The van der Waals surface area contributed by atoms with Crippen molar-refractivity contribution in [1.82, 2.24) is 9.80 Å². The van der Waals surface area contributed by atoms with Gasteiger partial charge in [-0.15, -0.1) is 0 Å². The second-order valence-electron chi connectivity index (χ2n) is 4.76. The van der Waals surface area contributed by atoms with Crippen LogP contribution in [0.1, 0.15) is 19.8 Å². The van der Waals surface area contributed by atoms with Gasteiger partial charge in [-0.1, -0.05) is 0 Å². The van der Waals surface area contributed by atoms with E-state index in [9.17, 15) is 4.79 Å². The van der Waals surface area contributed by atoms with Crippen LogP contribution in [0.15, 0.2) is 0 Å². The third-order valence-electron chi connectivity index (χ3n) is 3.46. The van der Waals surface area contributed by atoms with E-state index in [1.807, 2.05) is 14.0 Å². The van der Waals surface area contributed by atoms with E-state index >= 15 is 0 Å². The van der Waals surface area contributed by atoms with Gasteiger partial charge in [-0.2, -0.15) is 0 Å². The first-order valence-corrected chi connectivity index (χ1v) is 5.68. The molecule has 1 atom stereocenters. The highest BCUT2D eigenvalue weighted by atomic mass is 16.1. The smallest absolute Gasteiger partial charge is 0.234 e. The average molecular weight is 213 g/mol. The normalized spacial score (nSPS) is 21.9. The molecule has 1 aliphatic rings. The minimum Gasteiger partial charge on any atom is -0.368 e. The Hall–Kier alpha value is -0.610. The second kappa shape index (κ2) is 5.47. The monoisotopic (exact) mass is 213 g/mol. The molecule has 0 aromatic rings. The van der Waals surface area contributed by atoms with E-state index in [0.29, 0.717) is 5.92 Å². The van der Waals surface area contributed by atoms with Crippen LogP contribution in [-0.2, 0) is 4.79 Å². The molecule has 4 nitrogen and oxygen atoms in total. The third-order valence-corrected chi connectivity index (χ3v) is 3.46. The highest BCUT2D eigenvalue weighted by molar-refractivity contribution is 5.79. The lowest BCUT2D eigenvalue weighted by molar-refractivity contribution is -0.122. The molecule has 15 heavy (non-hydrogen) atoms. The Morgan fingerprint density at radius 3 is 2.53 bits per heavy atom. The Morgan fingerprint density at radius 1 is 1.53 bits per heavy atom. The van der Waals surface area contributed by atoms with E-state index in [4.69, 9.17) is 5.73 Å². The number of carbonyl (C=O) groups is 1. The van der Waals surface area contributed by atoms with Crippen LogP contribution in [-0.4, -0.2) is 55.5 Å². The van der Waals surface area contributed by atoms with Crippen LogP contribution in [0, 0.1) is 5.92 Å². The van der Waals surface area contributed by atoms with Gasteiger partial charge in [-0.05, 0) is 52.9 Å². The first kappa shape index (κ1) is 12.5. The summed E-state index contributed by atoms with van der Waals surface area (Å²) in [6, 6.07) is -0.148. The van der Waals surface area contributed by atoms with Gasteiger partial charge in [0.25, 0.3) is 0 Å². The number of hydrogen-bond donors (Lipinski definition) is 1. The highest BCUT2D eigenvalue weighted by Crippen LogP contribution is 2.17. The molecule has 4 heteroatoms. The SMILES string of the molecule is CC(C(N)=O)N(C)CC1CCN(C)CC1. The number of rotatable bonds is 4. The maximum atomic E-state index is 11.0. The van der Waals surface area contributed by atoms with Gasteiger partial charge in [-0.3, -0.25) is 9.69 Å². The van der Waals surface area contributed by atoms with Crippen LogP contribution in [0.5, 0.6) is 0 Å². The molecule has 1 fully saturated rings. The molecular formula is C11H23N3O. The van der Waals surface area contributed by atoms with Crippen molar-refractivity contribution in [2.45, 2.75) is 25.8 Å². The number of nitrogens with zero attached hydrogens (tertiary/aromatic N) is 2. The van der Waals surface area contributed by atoms with Gasteiger partial charge in [0.2, 0.25) is 5.91 Å². The molecule has 1 rings (SSSR count). The maximum absolute atomic E-state index is 11.0. The van der Waals surface area contributed by atoms with Crippen LogP contribution >= 0.6 is 0 Å². The Labute approximate surface area is 92.4 Å². The van der Waals surface area contributed by atoms with Crippen molar-refractivity contribution in [2.24, 2.45) is 11.7 Å². The van der Waals surface area contributed by atoms with E-state index in [-0.39, 0.29) is 11.9 Å². The number of amides is 1. The number of likely N-dealkylation sites (tertiary alicyclic amines) is 1. The fourth-order valence-electron chi connectivity index (χ4n) is 2.03. The number of likely N-dealkylation sites (N-methyl/N-ethyl adjacent to an activating group) is 1. The minimum absolute atomic E-state index is 0.148. The first-order chi connectivity index (χ1) is 7.00. The van der Waals surface area contributed by atoms with E-state index in [0.717, 1.165) is 6.54 Å². The summed E-state index contributed by atoms with van der Waals surface area (Å²) in [6.07, 6.45) is 2.46. The van der Waals surface area contributed by atoms with Crippen LogP contribution in [0.4, 0.5) is 0 Å². The summed E-state index contributed by atoms with van der Waals surface area (Å²) in [5.74, 6) is 0.485. The summed E-state index contributed by atoms with van der Waals surface area (Å²) >= 11 is 0. The summed E-state index contributed by atoms with van der Waals surface area (Å²) in [5, 5.41) is 0. The van der Waals surface area contributed by atoms with E-state index in [2.05, 4.69) is 16.8 Å². The lowest BCUT2D eigenvalue weighted by Crippen LogP contribution is -2.44. The summed E-state index contributed by atoms with van der Waals surface area (Å²) < 4.78 is 0. The fourth-order valence-corrected chi connectivity index (χ4v) is 2.03. The standard InChI is InChI=1S/C11H23N3O/c1-9(11(12)15)14(3)8-10-4-6-13(2)7-5-10/h9-10H,4-8H2,1-3H3,(H2,12,15). The number of nitrogens with two attached hydrogens (primary N) is 1. The number of carbonyl (C=O) groups excluding carboxylic acids is 1. The predicted molar refractivity (Wildman–Crippen MR) is 61.5 cm³/mol. The van der Waals surface area contributed by atoms with Crippen LogP contribution in [0.25, 0.3) is 0 Å². The van der Waals surface area contributed by atoms with Crippen molar-refractivity contribution in [2.75, 3.05) is 33.7 Å².